The Labute approximate surface area is 84.7 Å². The highest BCUT2D eigenvalue weighted by Gasteiger charge is 2.37. The third-order valence-corrected chi connectivity index (χ3v) is 3.07. The topological polar surface area (TPSA) is 38.7 Å². The molecule has 80 valence electrons. The van der Waals surface area contributed by atoms with Gasteiger partial charge in [-0.25, -0.2) is 0 Å². The monoisotopic (exact) mass is 198 g/mol. The lowest BCUT2D eigenvalue weighted by molar-refractivity contribution is -0.0810. The van der Waals surface area contributed by atoms with Crippen LogP contribution < -0.4 is 0 Å². The number of aliphatic hydroxyl groups is 1. The molecule has 1 fully saturated rings. The van der Waals surface area contributed by atoms with Crippen LogP contribution in [0.15, 0.2) is 11.8 Å². The normalized spacial score (nSPS) is 38.7. The Kier molecular flexibility index (Phi) is 2.79. The van der Waals surface area contributed by atoms with E-state index >= 15 is 0 Å². The molecular weight excluding hydrogens is 180 g/mol. The van der Waals surface area contributed by atoms with Crippen LogP contribution in [-0.2, 0) is 9.47 Å². The van der Waals surface area contributed by atoms with Gasteiger partial charge in [0.1, 0.15) is 0 Å². The summed E-state index contributed by atoms with van der Waals surface area (Å²) in [6, 6.07) is 0. The molecule has 1 N–H and O–H groups in total. The molecule has 0 aliphatic carbocycles. The molecule has 0 aromatic heterocycles. The van der Waals surface area contributed by atoms with Crippen LogP contribution in [0.2, 0.25) is 0 Å². The quantitative estimate of drug-likeness (QED) is 0.695. The van der Waals surface area contributed by atoms with Gasteiger partial charge < -0.3 is 14.6 Å². The van der Waals surface area contributed by atoms with Crippen LogP contribution in [0.3, 0.4) is 0 Å². The van der Waals surface area contributed by atoms with E-state index in [2.05, 4.69) is 0 Å². The molecule has 2 rings (SSSR count). The minimum atomic E-state index is -0.669. The molecule has 1 saturated heterocycles. The van der Waals surface area contributed by atoms with Crippen molar-refractivity contribution in [1.82, 2.24) is 0 Å². The summed E-state index contributed by atoms with van der Waals surface area (Å²) in [4.78, 5) is 0. The van der Waals surface area contributed by atoms with Crippen molar-refractivity contribution in [2.75, 3.05) is 13.2 Å². The highest BCUT2D eigenvalue weighted by molar-refractivity contribution is 5.17. The fourth-order valence-corrected chi connectivity index (χ4v) is 2.26. The summed E-state index contributed by atoms with van der Waals surface area (Å²) in [5.41, 5.74) is 0.386. The van der Waals surface area contributed by atoms with Gasteiger partial charge in [0.2, 0.25) is 0 Å². The lowest BCUT2D eigenvalue weighted by Gasteiger charge is -2.38. The first kappa shape index (κ1) is 9.99. The number of rotatable bonds is 1. The Morgan fingerprint density at radius 3 is 3.00 bits per heavy atom. The van der Waals surface area contributed by atoms with Gasteiger partial charge >= 0.3 is 0 Å². The van der Waals surface area contributed by atoms with Crippen LogP contribution in [0.1, 0.15) is 32.6 Å². The van der Waals surface area contributed by atoms with Crippen molar-refractivity contribution in [3.8, 4) is 0 Å². The first-order valence-electron chi connectivity index (χ1n) is 5.36. The van der Waals surface area contributed by atoms with Gasteiger partial charge in [-0.1, -0.05) is 0 Å². The van der Waals surface area contributed by atoms with Crippen molar-refractivity contribution >= 4 is 0 Å². The Hall–Kier alpha value is -0.540. The third-order valence-electron chi connectivity index (χ3n) is 3.07. The van der Waals surface area contributed by atoms with E-state index < -0.39 is 5.60 Å². The first-order valence-corrected chi connectivity index (χ1v) is 5.36. The third kappa shape index (κ3) is 1.93. The van der Waals surface area contributed by atoms with Crippen molar-refractivity contribution in [2.24, 2.45) is 0 Å². The number of ether oxygens (including phenoxy) is 2. The Bertz CT molecular complexity index is 237. The predicted octanol–water partition coefficient (Wildman–Crippen LogP) is 1.61. The second kappa shape index (κ2) is 3.91. The molecule has 3 nitrogen and oxygen atoms in total. The average Bonchev–Trinajstić information content (AvgIpc) is 2.19. The van der Waals surface area contributed by atoms with E-state index in [0.717, 1.165) is 25.0 Å². The molecule has 3 heteroatoms. The molecule has 2 aliphatic rings. The molecule has 2 heterocycles. The molecule has 0 saturated carbocycles. The Balaban J connectivity index is 2.09. The van der Waals surface area contributed by atoms with Crippen molar-refractivity contribution in [3.63, 3.8) is 0 Å². The van der Waals surface area contributed by atoms with E-state index in [-0.39, 0.29) is 6.10 Å². The zero-order valence-corrected chi connectivity index (χ0v) is 8.66. The molecular formula is C11H18O3. The largest absolute Gasteiger partial charge is 0.501 e. The van der Waals surface area contributed by atoms with Crippen LogP contribution in [-0.4, -0.2) is 30.0 Å². The zero-order valence-electron chi connectivity index (χ0n) is 8.66. The zero-order chi connectivity index (χ0) is 10.0. The van der Waals surface area contributed by atoms with E-state index in [1.165, 1.54) is 0 Å². The Morgan fingerprint density at radius 1 is 1.50 bits per heavy atom. The molecule has 0 radical (unpaired) electrons. The highest BCUT2D eigenvalue weighted by atomic mass is 16.5. The first-order chi connectivity index (χ1) is 6.71. The summed E-state index contributed by atoms with van der Waals surface area (Å²) < 4.78 is 10.7. The van der Waals surface area contributed by atoms with Crippen molar-refractivity contribution < 1.29 is 14.6 Å². The lowest BCUT2D eigenvalue weighted by Crippen LogP contribution is -2.42. The van der Waals surface area contributed by atoms with Gasteiger partial charge in [0.15, 0.2) is 0 Å². The maximum absolute atomic E-state index is 10.4. The predicted molar refractivity (Wildman–Crippen MR) is 52.9 cm³/mol. The fraction of sp³-hybridized carbons (Fsp3) is 0.818. The van der Waals surface area contributed by atoms with Crippen LogP contribution in [0.25, 0.3) is 0 Å². The van der Waals surface area contributed by atoms with Gasteiger partial charge in [-0.2, -0.15) is 0 Å². The van der Waals surface area contributed by atoms with Crippen molar-refractivity contribution in [1.29, 1.82) is 0 Å². The smallest absolute Gasteiger partial charge is 0.0935 e. The van der Waals surface area contributed by atoms with E-state index in [1.807, 2.05) is 6.92 Å². The molecule has 0 amide bonds. The molecule has 0 spiro atoms. The van der Waals surface area contributed by atoms with E-state index in [9.17, 15) is 5.11 Å². The average molecular weight is 198 g/mol. The molecule has 2 unspecified atom stereocenters. The number of hydrogen-bond donors (Lipinski definition) is 1. The van der Waals surface area contributed by atoms with Crippen LogP contribution in [0.5, 0.6) is 0 Å². The minimum Gasteiger partial charge on any atom is -0.501 e. The standard InChI is InChI=1S/C11H18O3/c1-9-7-11(12,4-6-14-9)10-3-2-5-13-8-10/h8-9,12H,2-7H2,1H3. The fourth-order valence-electron chi connectivity index (χ4n) is 2.26. The summed E-state index contributed by atoms with van der Waals surface area (Å²) in [6.45, 7) is 3.44. The molecule has 2 atom stereocenters. The SMILES string of the molecule is CC1CC(O)(C2=COCCC2)CCO1. The molecule has 0 aromatic rings. The van der Waals surface area contributed by atoms with Gasteiger partial charge in [0.05, 0.1) is 24.6 Å². The number of hydrogen-bond acceptors (Lipinski definition) is 3. The van der Waals surface area contributed by atoms with Crippen LogP contribution in [0, 0.1) is 0 Å². The molecule has 0 aromatic carbocycles. The second-order valence-electron chi connectivity index (χ2n) is 4.28. The van der Waals surface area contributed by atoms with E-state index in [0.29, 0.717) is 19.4 Å². The maximum atomic E-state index is 10.4. The van der Waals surface area contributed by atoms with Gasteiger partial charge in [0, 0.05) is 19.4 Å². The van der Waals surface area contributed by atoms with Gasteiger partial charge in [-0.15, -0.1) is 0 Å². The summed E-state index contributed by atoms with van der Waals surface area (Å²) in [6.07, 6.45) is 5.28. The minimum absolute atomic E-state index is 0.150. The molecule has 0 bridgehead atoms. The van der Waals surface area contributed by atoms with Crippen LogP contribution >= 0.6 is 0 Å². The molecule has 2 aliphatic heterocycles. The lowest BCUT2D eigenvalue weighted by atomic mass is 9.82. The van der Waals surface area contributed by atoms with E-state index in [4.69, 9.17) is 9.47 Å². The van der Waals surface area contributed by atoms with Gasteiger partial charge in [-0.3, -0.25) is 0 Å². The van der Waals surface area contributed by atoms with Crippen molar-refractivity contribution in [3.05, 3.63) is 11.8 Å². The van der Waals surface area contributed by atoms with Crippen molar-refractivity contribution in [2.45, 2.75) is 44.3 Å². The highest BCUT2D eigenvalue weighted by Crippen LogP contribution is 2.35. The summed E-state index contributed by atoms with van der Waals surface area (Å²) >= 11 is 0. The summed E-state index contributed by atoms with van der Waals surface area (Å²) in [5, 5.41) is 10.4. The maximum Gasteiger partial charge on any atom is 0.0935 e. The van der Waals surface area contributed by atoms with Gasteiger partial charge in [0.25, 0.3) is 0 Å². The van der Waals surface area contributed by atoms with E-state index in [1.54, 1.807) is 6.26 Å². The summed E-state index contributed by atoms with van der Waals surface area (Å²) in [5.74, 6) is 0. The van der Waals surface area contributed by atoms with Crippen LogP contribution in [0.4, 0.5) is 0 Å². The second-order valence-corrected chi connectivity index (χ2v) is 4.28. The Morgan fingerprint density at radius 2 is 2.36 bits per heavy atom. The van der Waals surface area contributed by atoms with Gasteiger partial charge in [-0.05, 0) is 25.3 Å². The molecule has 14 heavy (non-hydrogen) atoms. The summed E-state index contributed by atoms with van der Waals surface area (Å²) in [7, 11) is 0.